The molecule has 0 amide bonds. The standard InChI is InChI=1S/C15H18N2O/c16-10-15(11-4-2-1-3-5-11)8-13(9-15)17-12-6-14(18)7-12/h1-5,12-14,17-18H,6-9H2. The van der Waals surface area contributed by atoms with Crippen LogP contribution in [0.1, 0.15) is 31.2 Å². The van der Waals surface area contributed by atoms with E-state index < -0.39 is 0 Å². The van der Waals surface area contributed by atoms with Gasteiger partial charge in [0.25, 0.3) is 0 Å². The van der Waals surface area contributed by atoms with Gasteiger partial charge in [-0.1, -0.05) is 30.3 Å². The summed E-state index contributed by atoms with van der Waals surface area (Å²) in [6, 6.07) is 13.5. The number of nitrogens with zero attached hydrogens (tertiary/aromatic N) is 1. The minimum Gasteiger partial charge on any atom is -0.393 e. The van der Waals surface area contributed by atoms with E-state index >= 15 is 0 Å². The second-order valence-corrected chi connectivity index (χ2v) is 5.65. The Morgan fingerprint density at radius 1 is 1.17 bits per heavy atom. The van der Waals surface area contributed by atoms with Crippen LogP contribution in [-0.2, 0) is 5.41 Å². The van der Waals surface area contributed by atoms with E-state index in [-0.39, 0.29) is 11.5 Å². The van der Waals surface area contributed by atoms with Crippen molar-refractivity contribution in [3.05, 3.63) is 35.9 Å². The second-order valence-electron chi connectivity index (χ2n) is 5.65. The Labute approximate surface area is 107 Å². The minimum atomic E-state index is -0.290. The van der Waals surface area contributed by atoms with Crippen molar-refractivity contribution in [1.29, 1.82) is 5.26 Å². The van der Waals surface area contributed by atoms with Crippen molar-refractivity contribution < 1.29 is 5.11 Å². The molecule has 2 aliphatic rings. The Bertz CT molecular complexity index is 453. The highest BCUT2D eigenvalue weighted by Gasteiger charge is 2.47. The lowest BCUT2D eigenvalue weighted by Crippen LogP contribution is -2.57. The van der Waals surface area contributed by atoms with Gasteiger partial charge in [-0.2, -0.15) is 5.26 Å². The van der Waals surface area contributed by atoms with E-state index in [2.05, 4.69) is 11.4 Å². The van der Waals surface area contributed by atoms with E-state index in [1.54, 1.807) is 0 Å². The topological polar surface area (TPSA) is 56.0 Å². The van der Waals surface area contributed by atoms with Gasteiger partial charge in [0.15, 0.2) is 0 Å². The van der Waals surface area contributed by atoms with Crippen LogP contribution in [0.15, 0.2) is 30.3 Å². The minimum absolute atomic E-state index is 0.113. The van der Waals surface area contributed by atoms with Gasteiger partial charge in [-0.25, -0.2) is 0 Å². The molecule has 3 nitrogen and oxygen atoms in total. The lowest BCUT2D eigenvalue weighted by atomic mass is 9.62. The number of aliphatic hydroxyl groups excluding tert-OH is 1. The maximum Gasteiger partial charge on any atom is 0.0852 e. The Balaban J connectivity index is 1.60. The number of nitriles is 1. The first-order valence-electron chi connectivity index (χ1n) is 6.63. The Morgan fingerprint density at radius 3 is 2.39 bits per heavy atom. The van der Waals surface area contributed by atoms with E-state index in [4.69, 9.17) is 0 Å². The average Bonchev–Trinajstić information content (AvgIpc) is 2.32. The molecule has 2 N–H and O–H groups in total. The molecule has 0 radical (unpaired) electrons. The maximum atomic E-state index is 9.44. The predicted molar refractivity (Wildman–Crippen MR) is 68.9 cm³/mol. The summed E-state index contributed by atoms with van der Waals surface area (Å²) in [5, 5.41) is 22.2. The number of aliphatic hydroxyl groups is 1. The zero-order chi connectivity index (χ0) is 12.6. The molecule has 0 atom stereocenters. The smallest absolute Gasteiger partial charge is 0.0852 e. The van der Waals surface area contributed by atoms with Crippen LogP contribution in [0.5, 0.6) is 0 Å². The molecule has 3 heteroatoms. The summed E-state index contributed by atoms with van der Waals surface area (Å²) in [5.74, 6) is 0. The molecular weight excluding hydrogens is 224 g/mol. The van der Waals surface area contributed by atoms with E-state index in [0.717, 1.165) is 31.2 Å². The van der Waals surface area contributed by atoms with E-state index in [1.807, 2.05) is 30.3 Å². The fourth-order valence-corrected chi connectivity index (χ4v) is 3.11. The summed E-state index contributed by atoms with van der Waals surface area (Å²) in [7, 11) is 0. The highest BCUT2D eigenvalue weighted by Crippen LogP contribution is 2.44. The van der Waals surface area contributed by atoms with Crippen LogP contribution in [0.25, 0.3) is 0 Å². The normalized spacial score (nSPS) is 38.3. The molecule has 0 aliphatic heterocycles. The number of nitrogens with one attached hydrogen (secondary N) is 1. The van der Waals surface area contributed by atoms with Crippen LogP contribution in [0.4, 0.5) is 0 Å². The van der Waals surface area contributed by atoms with Crippen LogP contribution in [0, 0.1) is 11.3 Å². The monoisotopic (exact) mass is 242 g/mol. The molecule has 0 saturated heterocycles. The Morgan fingerprint density at radius 2 is 1.83 bits per heavy atom. The van der Waals surface area contributed by atoms with Gasteiger partial charge >= 0.3 is 0 Å². The SMILES string of the molecule is N#CC1(c2ccccc2)CC(NC2CC(O)C2)C1. The number of hydrogen-bond donors (Lipinski definition) is 2. The van der Waals surface area contributed by atoms with Crippen LogP contribution in [0.2, 0.25) is 0 Å². The third-order valence-electron chi connectivity index (χ3n) is 4.31. The van der Waals surface area contributed by atoms with Crippen molar-refractivity contribution in [2.45, 2.75) is 49.3 Å². The molecule has 1 aromatic rings. The predicted octanol–water partition coefficient (Wildman–Crippen LogP) is 1.72. The zero-order valence-electron chi connectivity index (χ0n) is 10.3. The van der Waals surface area contributed by atoms with Crippen molar-refractivity contribution in [3.8, 4) is 6.07 Å². The number of benzene rings is 1. The zero-order valence-corrected chi connectivity index (χ0v) is 10.3. The molecule has 1 aromatic carbocycles. The first kappa shape index (κ1) is 11.7. The van der Waals surface area contributed by atoms with E-state index in [9.17, 15) is 10.4 Å². The first-order valence-corrected chi connectivity index (χ1v) is 6.63. The summed E-state index contributed by atoms with van der Waals surface area (Å²) in [5.41, 5.74) is 0.848. The molecule has 3 rings (SSSR count). The number of rotatable bonds is 3. The molecule has 0 heterocycles. The van der Waals surface area contributed by atoms with Gasteiger partial charge in [-0.3, -0.25) is 0 Å². The highest BCUT2D eigenvalue weighted by molar-refractivity contribution is 5.36. The third-order valence-corrected chi connectivity index (χ3v) is 4.31. The summed E-state index contributed by atoms with van der Waals surface area (Å²) < 4.78 is 0. The Kier molecular flexibility index (Phi) is 2.85. The molecule has 2 aliphatic carbocycles. The molecular formula is C15H18N2O. The van der Waals surface area contributed by atoms with Crippen LogP contribution >= 0.6 is 0 Å². The highest BCUT2D eigenvalue weighted by atomic mass is 16.3. The molecule has 0 bridgehead atoms. The summed E-state index contributed by atoms with van der Waals surface area (Å²) in [4.78, 5) is 0. The fraction of sp³-hybridized carbons (Fsp3) is 0.533. The van der Waals surface area contributed by atoms with Crippen molar-refractivity contribution in [3.63, 3.8) is 0 Å². The van der Waals surface area contributed by atoms with Gasteiger partial charge in [0, 0.05) is 12.1 Å². The van der Waals surface area contributed by atoms with Crippen molar-refractivity contribution in [2.24, 2.45) is 0 Å². The molecule has 18 heavy (non-hydrogen) atoms. The third kappa shape index (κ3) is 1.92. The lowest BCUT2D eigenvalue weighted by molar-refractivity contribution is 0.0468. The van der Waals surface area contributed by atoms with Crippen LogP contribution in [0.3, 0.4) is 0 Å². The van der Waals surface area contributed by atoms with Gasteiger partial charge < -0.3 is 10.4 Å². The Hall–Kier alpha value is -1.37. The molecule has 0 aromatic heterocycles. The number of hydrogen-bond acceptors (Lipinski definition) is 3. The van der Waals surface area contributed by atoms with Crippen molar-refractivity contribution in [1.82, 2.24) is 5.32 Å². The van der Waals surface area contributed by atoms with Gasteiger partial charge in [0.2, 0.25) is 0 Å². The van der Waals surface area contributed by atoms with E-state index in [1.165, 1.54) is 0 Å². The van der Waals surface area contributed by atoms with Gasteiger partial charge in [0.1, 0.15) is 0 Å². The van der Waals surface area contributed by atoms with E-state index in [0.29, 0.717) is 12.1 Å². The van der Waals surface area contributed by atoms with Crippen LogP contribution < -0.4 is 5.32 Å². The van der Waals surface area contributed by atoms with Crippen molar-refractivity contribution in [2.75, 3.05) is 0 Å². The average molecular weight is 242 g/mol. The molecule has 0 spiro atoms. The lowest BCUT2D eigenvalue weighted by Gasteiger charge is -2.47. The van der Waals surface area contributed by atoms with Crippen molar-refractivity contribution >= 4 is 0 Å². The van der Waals surface area contributed by atoms with Gasteiger partial charge in [-0.05, 0) is 31.2 Å². The van der Waals surface area contributed by atoms with Gasteiger partial charge in [-0.15, -0.1) is 0 Å². The second kappa shape index (κ2) is 4.38. The largest absolute Gasteiger partial charge is 0.393 e. The molecule has 2 fully saturated rings. The molecule has 94 valence electrons. The quantitative estimate of drug-likeness (QED) is 0.848. The molecule has 0 unspecified atom stereocenters. The maximum absolute atomic E-state index is 9.44. The van der Waals surface area contributed by atoms with Crippen LogP contribution in [-0.4, -0.2) is 23.3 Å². The summed E-state index contributed by atoms with van der Waals surface area (Å²) in [6.07, 6.45) is 3.39. The fourth-order valence-electron chi connectivity index (χ4n) is 3.11. The summed E-state index contributed by atoms with van der Waals surface area (Å²) in [6.45, 7) is 0. The van der Waals surface area contributed by atoms with Gasteiger partial charge in [0.05, 0.1) is 17.6 Å². The first-order chi connectivity index (χ1) is 8.72. The summed E-state index contributed by atoms with van der Waals surface area (Å²) >= 11 is 0. The molecule has 2 saturated carbocycles.